The van der Waals surface area contributed by atoms with Gasteiger partial charge in [-0.1, -0.05) is 30.3 Å². The summed E-state index contributed by atoms with van der Waals surface area (Å²) < 4.78 is 1.82. The number of carbonyl (C=O) groups excluding carboxylic acids is 1. The van der Waals surface area contributed by atoms with Crippen LogP contribution in [-0.4, -0.2) is 44.0 Å². The van der Waals surface area contributed by atoms with Crippen LogP contribution in [0.5, 0.6) is 0 Å². The molecule has 6 heteroatoms. The molecule has 2 fully saturated rings. The molecule has 1 N–H and O–H groups in total. The summed E-state index contributed by atoms with van der Waals surface area (Å²) in [5.41, 5.74) is 3.17. The van der Waals surface area contributed by atoms with Crippen LogP contribution in [0.2, 0.25) is 0 Å². The summed E-state index contributed by atoms with van der Waals surface area (Å²) >= 11 is 0. The fraction of sp³-hybridized carbons (Fsp3) is 0.381. The molecule has 0 saturated carbocycles. The number of rotatable bonds is 3. The lowest BCUT2D eigenvalue weighted by molar-refractivity contribution is -0.121. The Morgan fingerprint density at radius 3 is 2.78 bits per heavy atom. The van der Waals surface area contributed by atoms with E-state index in [9.17, 15) is 4.79 Å². The smallest absolute Gasteiger partial charge is 0.228 e. The van der Waals surface area contributed by atoms with E-state index >= 15 is 0 Å². The van der Waals surface area contributed by atoms with E-state index < -0.39 is 0 Å². The summed E-state index contributed by atoms with van der Waals surface area (Å²) in [7, 11) is 0. The van der Waals surface area contributed by atoms with Crippen molar-refractivity contribution < 1.29 is 4.79 Å². The Balaban J connectivity index is 1.26. The van der Waals surface area contributed by atoms with Crippen molar-refractivity contribution in [1.29, 1.82) is 0 Å². The zero-order chi connectivity index (χ0) is 18.3. The van der Waals surface area contributed by atoms with E-state index in [-0.39, 0.29) is 17.4 Å². The zero-order valence-electron chi connectivity index (χ0n) is 15.2. The van der Waals surface area contributed by atoms with Gasteiger partial charge in [-0.25, -0.2) is 9.50 Å². The second-order valence-electron chi connectivity index (χ2n) is 7.77. The number of aromatic nitrogens is 3. The quantitative estimate of drug-likeness (QED) is 0.778. The third-order valence-corrected chi connectivity index (χ3v) is 6.06. The monoisotopic (exact) mass is 361 g/mol. The molecule has 27 heavy (non-hydrogen) atoms. The fourth-order valence-corrected chi connectivity index (χ4v) is 4.53. The van der Waals surface area contributed by atoms with Crippen LogP contribution in [0.3, 0.4) is 0 Å². The summed E-state index contributed by atoms with van der Waals surface area (Å²) in [5.74, 6) is 0.169. The number of nitrogens with one attached hydrogen (secondary N) is 1. The molecule has 4 heterocycles. The summed E-state index contributed by atoms with van der Waals surface area (Å²) in [5, 5.41) is 7.71. The highest BCUT2D eigenvalue weighted by atomic mass is 16.2. The van der Waals surface area contributed by atoms with Crippen LogP contribution in [0, 0.1) is 0 Å². The minimum atomic E-state index is -0.0482. The van der Waals surface area contributed by atoms with E-state index in [0.29, 0.717) is 0 Å². The minimum absolute atomic E-state index is 0.0124. The number of amides is 1. The van der Waals surface area contributed by atoms with Gasteiger partial charge in [0, 0.05) is 43.1 Å². The summed E-state index contributed by atoms with van der Waals surface area (Å²) in [4.78, 5) is 19.5. The molecule has 1 amide bonds. The molecule has 2 aromatic heterocycles. The number of hydrogen-bond acceptors (Lipinski definition) is 4. The highest BCUT2D eigenvalue weighted by Gasteiger charge is 2.46. The predicted molar refractivity (Wildman–Crippen MR) is 102 cm³/mol. The van der Waals surface area contributed by atoms with Crippen molar-refractivity contribution in [3.05, 3.63) is 66.1 Å². The molecule has 1 unspecified atom stereocenters. The van der Waals surface area contributed by atoms with Gasteiger partial charge in [0.05, 0.1) is 12.1 Å². The van der Waals surface area contributed by atoms with Gasteiger partial charge in [-0.2, -0.15) is 5.10 Å². The Hall–Kier alpha value is -2.73. The van der Waals surface area contributed by atoms with Gasteiger partial charge in [-0.05, 0) is 30.9 Å². The largest absolute Gasteiger partial charge is 0.350 e. The van der Waals surface area contributed by atoms with Gasteiger partial charge in [0.1, 0.15) is 0 Å². The van der Waals surface area contributed by atoms with E-state index in [1.54, 1.807) is 0 Å². The molecule has 0 aliphatic carbocycles. The number of nitrogens with zero attached hydrogens (tertiary/aromatic N) is 4. The van der Waals surface area contributed by atoms with Crippen LogP contribution < -0.4 is 5.32 Å². The minimum Gasteiger partial charge on any atom is -0.350 e. The maximum Gasteiger partial charge on any atom is 0.228 e. The van der Waals surface area contributed by atoms with Crippen LogP contribution in [0.1, 0.15) is 36.3 Å². The first-order valence-electron chi connectivity index (χ1n) is 9.59. The second-order valence-corrected chi connectivity index (χ2v) is 7.77. The van der Waals surface area contributed by atoms with Crippen LogP contribution in [0.4, 0.5) is 0 Å². The molecule has 2 aliphatic heterocycles. The molecule has 3 aromatic rings. The van der Waals surface area contributed by atoms with E-state index in [1.165, 1.54) is 0 Å². The van der Waals surface area contributed by atoms with Crippen molar-refractivity contribution in [2.24, 2.45) is 0 Å². The molecule has 2 aliphatic rings. The highest BCUT2D eigenvalue weighted by Crippen LogP contribution is 2.39. The first-order chi connectivity index (χ1) is 13.2. The maximum absolute atomic E-state index is 12.6. The SMILES string of the molecule is O=C1NC2(CCN(Cc3cnn4cccnc34)CC2)CC1c1ccccc1. The third-order valence-electron chi connectivity index (χ3n) is 6.06. The highest BCUT2D eigenvalue weighted by molar-refractivity contribution is 5.87. The Morgan fingerprint density at radius 2 is 1.96 bits per heavy atom. The van der Waals surface area contributed by atoms with Crippen molar-refractivity contribution in [1.82, 2.24) is 24.8 Å². The first-order valence-corrected chi connectivity index (χ1v) is 9.59. The Labute approximate surface area is 158 Å². The van der Waals surface area contributed by atoms with Gasteiger partial charge in [0.25, 0.3) is 0 Å². The zero-order valence-corrected chi connectivity index (χ0v) is 15.2. The molecule has 6 nitrogen and oxygen atoms in total. The normalized spacial score (nSPS) is 22.4. The maximum atomic E-state index is 12.6. The van der Waals surface area contributed by atoms with Crippen molar-refractivity contribution >= 4 is 11.6 Å². The van der Waals surface area contributed by atoms with Gasteiger partial charge in [-0.15, -0.1) is 0 Å². The van der Waals surface area contributed by atoms with Crippen LogP contribution in [-0.2, 0) is 11.3 Å². The van der Waals surface area contributed by atoms with Gasteiger partial charge in [0.15, 0.2) is 5.65 Å². The van der Waals surface area contributed by atoms with Crippen LogP contribution in [0.25, 0.3) is 5.65 Å². The van der Waals surface area contributed by atoms with Crippen molar-refractivity contribution in [3.63, 3.8) is 0 Å². The van der Waals surface area contributed by atoms with E-state index in [2.05, 4.69) is 32.4 Å². The summed E-state index contributed by atoms with van der Waals surface area (Å²) in [6.07, 6.45) is 8.54. The molecule has 1 aromatic carbocycles. The molecule has 1 atom stereocenters. The Morgan fingerprint density at radius 1 is 1.15 bits per heavy atom. The standard InChI is InChI=1S/C21H23N5O/c27-20-18(16-5-2-1-3-6-16)13-21(24-20)7-11-25(12-8-21)15-17-14-23-26-10-4-9-22-19(17)26/h1-6,9-10,14,18H,7-8,11-13,15H2,(H,24,27). The van der Waals surface area contributed by atoms with Crippen molar-refractivity contribution in [3.8, 4) is 0 Å². The average Bonchev–Trinajstić information content (AvgIpc) is 3.26. The fourth-order valence-electron chi connectivity index (χ4n) is 4.53. The van der Waals surface area contributed by atoms with E-state index in [4.69, 9.17) is 0 Å². The van der Waals surface area contributed by atoms with Crippen molar-refractivity contribution in [2.45, 2.75) is 37.3 Å². The Bertz CT molecular complexity index is 959. The molecule has 138 valence electrons. The van der Waals surface area contributed by atoms with Crippen LogP contribution >= 0.6 is 0 Å². The number of hydrogen-bond donors (Lipinski definition) is 1. The van der Waals surface area contributed by atoms with Gasteiger partial charge >= 0.3 is 0 Å². The van der Waals surface area contributed by atoms with Gasteiger partial charge in [0.2, 0.25) is 5.91 Å². The number of benzene rings is 1. The average molecular weight is 361 g/mol. The van der Waals surface area contributed by atoms with Gasteiger partial charge < -0.3 is 5.32 Å². The summed E-state index contributed by atoms with van der Waals surface area (Å²) in [6, 6.07) is 12.0. The topological polar surface area (TPSA) is 62.5 Å². The lowest BCUT2D eigenvalue weighted by Crippen LogP contribution is -2.50. The van der Waals surface area contributed by atoms with Gasteiger partial charge in [-0.3, -0.25) is 9.69 Å². The Kier molecular flexibility index (Phi) is 3.93. The van der Waals surface area contributed by atoms with E-state index in [1.807, 2.05) is 47.4 Å². The third kappa shape index (κ3) is 3.00. The molecular weight excluding hydrogens is 338 g/mol. The van der Waals surface area contributed by atoms with Crippen molar-refractivity contribution in [2.75, 3.05) is 13.1 Å². The molecule has 2 saturated heterocycles. The molecule has 1 spiro atoms. The predicted octanol–water partition coefficient (Wildman–Crippen LogP) is 2.37. The number of carbonyl (C=O) groups is 1. The second kappa shape index (κ2) is 6.46. The first kappa shape index (κ1) is 16.4. The lowest BCUT2D eigenvalue weighted by atomic mass is 9.82. The molecular formula is C21H23N5O. The molecule has 0 radical (unpaired) electrons. The summed E-state index contributed by atoms with van der Waals surface area (Å²) in [6.45, 7) is 2.81. The molecule has 0 bridgehead atoms. The molecule has 5 rings (SSSR count). The lowest BCUT2D eigenvalue weighted by Gasteiger charge is -2.39. The number of fused-ring (bicyclic) bond motifs is 1. The number of likely N-dealkylation sites (tertiary alicyclic amines) is 1. The van der Waals surface area contributed by atoms with E-state index in [0.717, 1.165) is 55.7 Å². The van der Waals surface area contributed by atoms with Crippen LogP contribution in [0.15, 0.2) is 55.0 Å². The number of piperidine rings is 1.